The van der Waals surface area contributed by atoms with Gasteiger partial charge in [0.2, 0.25) is 26.8 Å². The van der Waals surface area contributed by atoms with Gasteiger partial charge in [0.1, 0.15) is 6.10 Å². The molecule has 3 aliphatic heterocycles. The van der Waals surface area contributed by atoms with Crippen LogP contribution in [0.5, 0.6) is 11.5 Å². The van der Waals surface area contributed by atoms with Crippen molar-refractivity contribution in [3.8, 4) is 11.5 Å². The number of aliphatic hydroxyl groups excluding tert-OH is 1. The predicted molar refractivity (Wildman–Crippen MR) is 174 cm³/mol. The number of rotatable bonds is 16. The lowest BCUT2D eigenvalue weighted by atomic mass is 9.87. The maximum absolute atomic E-state index is 14.2. The molecule has 266 valence electrons. The smallest absolute Gasteiger partial charge is 0.407 e. The molecular formula is C32H45N3O11S2. The number of alkyl carbamates (subject to hydrolysis) is 1. The number of ether oxygens (including phenoxy) is 5. The number of benzene rings is 2. The number of nitrogens with one attached hydrogen (secondary N) is 2. The van der Waals surface area contributed by atoms with Crippen LogP contribution in [0.2, 0.25) is 0 Å². The summed E-state index contributed by atoms with van der Waals surface area (Å²) in [6.07, 6.45) is -0.101. The number of nitrogens with zero attached hydrogens (tertiary/aromatic N) is 1. The van der Waals surface area contributed by atoms with Gasteiger partial charge >= 0.3 is 6.09 Å². The molecule has 0 radical (unpaired) electrons. The third kappa shape index (κ3) is 9.58. The van der Waals surface area contributed by atoms with E-state index in [9.17, 15) is 26.7 Å². The molecule has 0 aromatic heterocycles. The van der Waals surface area contributed by atoms with Crippen LogP contribution in [0.25, 0.3) is 0 Å². The first kappa shape index (κ1) is 36.3. The van der Waals surface area contributed by atoms with Gasteiger partial charge in [-0.05, 0) is 48.8 Å². The molecule has 3 aliphatic rings. The Morgan fingerprint density at radius 2 is 1.83 bits per heavy atom. The van der Waals surface area contributed by atoms with Crippen molar-refractivity contribution in [3.63, 3.8) is 0 Å². The molecule has 0 unspecified atom stereocenters. The summed E-state index contributed by atoms with van der Waals surface area (Å²) < 4.78 is 82.9. The summed E-state index contributed by atoms with van der Waals surface area (Å²) in [7, 11) is -7.59. The normalized spacial score (nSPS) is 22.0. The fourth-order valence-electron chi connectivity index (χ4n) is 6.17. The monoisotopic (exact) mass is 711 g/mol. The third-order valence-electron chi connectivity index (χ3n) is 8.68. The van der Waals surface area contributed by atoms with Crippen molar-refractivity contribution in [1.29, 1.82) is 0 Å². The Hall–Kier alpha value is -2.99. The topological polar surface area (TPSA) is 179 Å². The Morgan fingerprint density at radius 1 is 1.08 bits per heavy atom. The molecule has 5 atom stereocenters. The third-order valence-corrected chi connectivity index (χ3v) is 11.2. The van der Waals surface area contributed by atoms with Gasteiger partial charge in [-0.25, -0.2) is 26.4 Å². The second-order valence-corrected chi connectivity index (χ2v) is 17.0. The summed E-state index contributed by atoms with van der Waals surface area (Å²) in [4.78, 5) is 13.2. The molecular weight excluding hydrogens is 666 g/mol. The van der Waals surface area contributed by atoms with Gasteiger partial charge in [0.05, 0.1) is 42.4 Å². The van der Waals surface area contributed by atoms with Crippen LogP contribution in [0.3, 0.4) is 0 Å². The van der Waals surface area contributed by atoms with E-state index in [-0.39, 0.29) is 50.3 Å². The molecule has 0 aliphatic carbocycles. The average Bonchev–Trinajstić information content (AvgIpc) is 3.77. The minimum atomic E-state index is -4.22. The molecule has 3 N–H and O–H groups in total. The predicted octanol–water partition coefficient (Wildman–Crippen LogP) is 2.22. The zero-order chi connectivity index (χ0) is 34.5. The number of aliphatic hydroxyl groups is 1. The summed E-state index contributed by atoms with van der Waals surface area (Å²) in [5, 5.41) is 14.5. The van der Waals surface area contributed by atoms with Crippen LogP contribution in [0, 0.1) is 11.3 Å². The van der Waals surface area contributed by atoms with Crippen LogP contribution in [0.4, 0.5) is 4.79 Å². The Balaban J connectivity index is 1.36. The first-order valence-electron chi connectivity index (χ1n) is 16.0. The first-order valence-corrected chi connectivity index (χ1v) is 19.3. The number of amides is 1. The van der Waals surface area contributed by atoms with Gasteiger partial charge in [0.15, 0.2) is 17.8 Å². The van der Waals surface area contributed by atoms with E-state index in [0.717, 1.165) is 11.8 Å². The SMILES string of the molecule is CC(C)(CCCNS(C)(=O)=O)CN(C[C@@H](O)[C@H](Cc1ccccc1)NC(=O)O[C@H]1CO[C@H]2OCC[C@H]21)S(=O)(=O)c1ccc2c(c1)OCO2. The number of sulfonamides is 2. The molecule has 2 saturated heterocycles. The Bertz CT molecular complexity index is 1620. The lowest BCUT2D eigenvalue weighted by Crippen LogP contribution is -2.52. The zero-order valence-electron chi connectivity index (χ0n) is 27.4. The molecule has 1 amide bonds. The minimum absolute atomic E-state index is 0.00923. The van der Waals surface area contributed by atoms with E-state index in [2.05, 4.69) is 10.0 Å². The molecule has 14 nitrogen and oxygen atoms in total. The Kier molecular flexibility index (Phi) is 11.5. The Morgan fingerprint density at radius 3 is 2.58 bits per heavy atom. The van der Waals surface area contributed by atoms with Crippen molar-refractivity contribution >= 4 is 26.1 Å². The van der Waals surface area contributed by atoms with Gasteiger partial charge in [0.25, 0.3) is 0 Å². The quantitative estimate of drug-likeness (QED) is 0.218. The largest absolute Gasteiger partial charge is 0.454 e. The highest BCUT2D eigenvalue weighted by molar-refractivity contribution is 7.89. The summed E-state index contributed by atoms with van der Waals surface area (Å²) in [6.45, 7) is 4.28. The zero-order valence-corrected chi connectivity index (χ0v) is 29.0. The molecule has 16 heteroatoms. The minimum Gasteiger partial charge on any atom is -0.454 e. The summed E-state index contributed by atoms with van der Waals surface area (Å²) >= 11 is 0. The summed E-state index contributed by atoms with van der Waals surface area (Å²) in [5.74, 6) is 0.637. The van der Waals surface area contributed by atoms with Crippen molar-refractivity contribution in [2.24, 2.45) is 11.3 Å². The second kappa shape index (κ2) is 15.3. The molecule has 2 fully saturated rings. The molecule has 0 spiro atoms. The number of carbonyl (C=O) groups excluding carboxylic acids is 1. The van der Waals surface area contributed by atoms with Gasteiger partial charge in [0, 0.05) is 25.7 Å². The van der Waals surface area contributed by atoms with Crippen LogP contribution < -0.4 is 19.5 Å². The molecule has 3 heterocycles. The van der Waals surface area contributed by atoms with Crippen molar-refractivity contribution < 1.29 is 50.4 Å². The number of carbonyl (C=O) groups is 1. The van der Waals surface area contributed by atoms with Crippen molar-refractivity contribution in [1.82, 2.24) is 14.3 Å². The van der Waals surface area contributed by atoms with E-state index in [1.165, 1.54) is 22.5 Å². The van der Waals surface area contributed by atoms with Gasteiger partial charge in [-0.3, -0.25) is 0 Å². The van der Waals surface area contributed by atoms with Crippen LogP contribution in [-0.4, -0.2) is 103 Å². The highest BCUT2D eigenvalue weighted by Gasteiger charge is 2.44. The van der Waals surface area contributed by atoms with Crippen molar-refractivity contribution in [2.75, 3.05) is 45.9 Å². The maximum atomic E-state index is 14.2. The van der Waals surface area contributed by atoms with Gasteiger partial charge in [-0.2, -0.15) is 4.31 Å². The van der Waals surface area contributed by atoms with Gasteiger partial charge in [-0.15, -0.1) is 0 Å². The van der Waals surface area contributed by atoms with Crippen LogP contribution in [-0.2, 0) is 40.7 Å². The Labute approximate surface area is 282 Å². The lowest BCUT2D eigenvalue weighted by molar-refractivity contribution is -0.0907. The van der Waals surface area contributed by atoms with E-state index >= 15 is 0 Å². The standard InChI is InChI=1S/C32H45N3O11S2/c1-32(2,13-7-14-33-47(3,38)39)20-35(48(40,41)23-10-11-27-28(17-23)45-21-44-27)18-26(36)25(16-22-8-5-4-6-9-22)34-31(37)46-29-19-43-30-24(29)12-15-42-30/h4-6,8-11,17,24-26,29-30,33,36H,7,12-16,18-21H2,1-3H3,(H,34,37)/t24-,25-,26+,29-,30+/m0/s1. The summed E-state index contributed by atoms with van der Waals surface area (Å²) in [6, 6.07) is 12.6. The van der Waals surface area contributed by atoms with Gasteiger partial charge in [-0.1, -0.05) is 44.2 Å². The number of hydrogen-bond acceptors (Lipinski definition) is 11. The van der Waals surface area contributed by atoms with Crippen LogP contribution in [0.1, 0.15) is 38.7 Å². The van der Waals surface area contributed by atoms with E-state index in [1.54, 1.807) is 0 Å². The maximum Gasteiger partial charge on any atom is 0.407 e. The second-order valence-electron chi connectivity index (χ2n) is 13.2. The number of hydrogen-bond donors (Lipinski definition) is 3. The molecule has 0 saturated carbocycles. The molecule has 2 aromatic rings. The van der Waals surface area contributed by atoms with Crippen LogP contribution >= 0.6 is 0 Å². The van der Waals surface area contributed by atoms with E-state index in [1.807, 2.05) is 44.2 Å². The summed E-state index contributed by atoms with van der Waals surface area (Å²) in [5.41, 5.74) is 0.186. The van der Waals surface area contributed by atoms with Crippen molar-refractivity contribution in [2.45, 2.75) is 69.0 Å². The van der Waals surface area contributed by atoms with Gasteiger partial charge < -0.3 is 34.1 Å². The average molecular weight is 712 g/mol. The fraction of sp³-hybridized carbons (Fsp3) is 0.594. The fourth-order valence-corrected chi connectivity index (χ4v) is 8.35. The first-order chi connectivity index (χ1) is 22.7. The molecule has 0 bridgehead atoms. The molecule has 2 aromatic carbocycles. The highest BCUT2D eigenvalue weighted by atomic mass is 32.2. The van der Waals surface area contributed by atoms with Crippen molar-refractivity contribution in [3.05, 3.63) is 54.1 Å². The lowest BCUT2D eigenvalue weighted by Gasteiger charge is -2.35. The molecule has 48 heavy (non-hydrogen) atoms. The molecule has 5 rings (SSSR count). The van der Waals surface area contributed by atoms with E-state index in [0.29, 0.717) is 37.4 Å². The number of fused-ring (bicyclic) bond motifs is 2. The van der Waals surface area contributed by atoms with Crippen LogP contribution in [0.15, 0.2) is 53.4 Å². The van der Waals surface area contributed by atoms with E-state index < -0.39 is 56.1 Å². The van der Waals surface area contributed by atoms with E-state index in [4.69, 9.17) is 23.7 Å². The highest BCUT2D eigenvalue weighted by Crippen LogP contribution is 2.36.